The molecule has 20 heavy (non-hydrogen) atoms. The van der Waals surface area contributed by atoms with E-state index in [2.05, 4.69) is 6.92 Å². The van der Waals surface area contributed by atoms with Gasteiger partial charge >= 0.3 is 0 Å². The third-order valence-corrected chi connectivity index (χ3v) is 4.49. The predicted octanol–water partition coefficient (Wildman–Crippen LogP) is 3.68. The molecular formula is C15H17F2NOS. The topological polar surface area (TPSA) is 20.3 Å². The van der Waals surface area contributed by atoms with Gasteiger partial charge in [-0.25, -0.2) is 8.78 Å². The van der Waals surface area contributed by atoms with E-state index in [-0.39, 0.29) is 16.8 Å². The van der Waals surface area contributed by atoms with Crippen LogP contribution >= 0.6 is 11.8 Å². The lowest BCUT2D eigenvalue weighted by atomic mass is 10.2. The Morgan fingerprint density at radius 3 is 2.80 bits per heavy atom. The summed E-state index contributed by atoms with van der Waals surface area (Å²) in [6.45, 7) is 2.77. The first-order chi connectivity index (χ1) is 9.63. The lowest BCUT2D eigenvalue weighted by molar-refractivity contribution is -0.126. The molecule has 2 nitrogen and oxygen atoms in total. The lowest BCUT2D eigenvalue weighted by Gasteiger charge is -2.21. The van der Waals surface area contributed by atoms with Crippen LogP contribution in [0, 0.1) is 11.6 Å². The molecule has 1 aliphatic heterocycles. The van der Waals surface area contributed by atoms with Crippen molar-refractivity contribution in [3.05, 3.63) is 41.5 Å². The monoisotopic (exact) mass is 297 g/mol. The summed E-state index contributed by atoms with van der Waals surface area (Å²) in [7, 11) is 0. The van der Waals surface area contributed by atoms with E-state index in [0.717, 1.165) is 18.6 Å². The fourth-order valence-electron chi connectivity index (χ4n) is 2.18. The number of amides is 1. The molecule has 0 radical (unpaired) electrons. The van der Waals surface area contributed by atoms with Gasteiger partial charge < -0.3 is 4.90 Å². The van der Waals surface area contributed by atoms with Gasteiger partial charge in [-0.1, -0.05) is 19.4 Å². The maximum absolute atomic E-state index is 13.5. The maximum Gasteiger partial charge on any atom is 0.247 e. The number of hydrogen-bond acceptors (Lipinski definition) is 2. The molecule has 1 heterocycles. The third kappa shape index (κ3) is 3.39. The summed E-state index contributed by atoms with van der Waals surface area (Å²) >= 11 is 1.75. The van der Waals surface area contributed by atoms with Crippen LogP contribution in [0.5, 0.6) is 0 Å². The van der Waals surface area contributed by atoms with Gasteiger partial charge in [-0.15, -0.1) is 11.8 Å². The molecule has 1 atom stereocenters. The standard InChI is InChI=1S/C15H17F2NOS/c1-2-4-15-18(9-10-20-15)14(19)8-7-11-12(16)5-3-6-13(11)17/h3,5-8,15H,2,4,9-10H2,1H3/b8-7+/t15-/m0/s1. The molecule has 2 rings (SSSR count). The Hall–Kier alpha value is -1.36. The van der Waals surface area contributed by atoms with Crippen molar-refractivity contribution in [1.29, 1.82) is 0 Å². The highest BCUT2D eigenvalue weighted by Gasteiger charge is 2.27. The van der Waals surface area contributed by atoms with E-state index in [1.54, 1.807) is 16.7 Å². The Balaban J connectivity index is 2.09. The molecule has 0 unspecified atom stereocenters. The molecular weight excluding hydrogens is 280 g/mol. The van der Waals surface area contributed by atoms with Gasteiger partial charge in [0.1, 0.15) is 11.6 Å². The Labute approximate surface area is 121 Å². The second-order valence-corrected chi connectivity index (χ2v) is 5.90. The molecule has 1 aliphatic rings. The highest BCUT2D eigenvalue weighted by atomic mass is 32.2. The fourth-order valence-corrected chi connectivity index (χ4v) is 3.55. The average Bonchev–Trinajstić information content (AvgIpc) is 2.87. The van der Waals surface area contributed by atoms with Crippen molar-refractivity contribution in [1.82, 2.24) is 4.90 Å². The zero-order valence-corrected chi connectivity index (χ0v) is 12.1. The minimum atomic E-state index is -0.657. The summed E-state index contributed by atoms with van der Waals surface area (Å²) in [4.78, 5) is 13.9. The Morgan fingerprint density at radius 1 is 1.45 bits per heavy atom. The molecule has 108 valence electrons. The van der Waals surface area contributed by atoms with E-state index in [4.69, 9.17) is 0 Å². The average molecular weight is 297 g/mol. The predicted molar refractivity (Wildman–Crippen MR) is 78.3 cm³/mol. The first-order valence-corrected chi connectivity index (χ1v) is 7.72. The summed E-state index contributed by atoms with van der Waals surface area (Å²) in [5, 5.41) is 0.183. The Kier molecular flexibility index (Phi) is 5.17. The maximum atomic E-state index is 13.5. The molecule has 5 heteroatoms. The van der Waals surface area contributed by atoms with Crippen molar-refractivity contribution in [2.75, 3.05) is 12.3 Å². The van der Waals surface area contributed by atoms with E-state index in [9.17, 15) is 13.6 Å². The molecule has 1 amide bonds. The zero-order valence-electron chi connectivity index (χ0n) is 11.3. The van der Waals surface area contributed by atoms with Gasteiger partial charge in [0.25, 0.3) is 0 Å². The molecule has 0 N–H and O–H groups in total. The molecule has 0 aliphatic carbocycles. The summed E-state index contributed by atoms with van der Waals surface area (Å²) in [5.41, 5.74) is -0.167. The number of nitrogens with zero attached hydrogens (tertiary/aromatic N) is 1. The summed E-state index contributed by atoms with van der Waals surface area (Å²) < 4.78 is 26.9. The van der Waals surface area contributed by atoms with Crippen LogP contribution in [0.4, 0.5) is 8.78 Å². The minimum absolute atomic E-state index is 0.167. The van der Waals surface area contributed by atoms with Crippen molar-refractivity contribution in [2.24, 2.45) is 0 Å². The molecule has 1 aromatic carbocycles. The van der Waals surface area contributed by atoms with Crippen molar-refractivity contribution < 1.29 is 13.6 Å². The summed E-state index contributed by atoms with van der Waals surface area (Å²) in [6.07, 6.45) is 4.43. The highest BCUT2D eigenvalue weighted by molar-refractivity contribution is 8.00. The lowest BCUT2D eigenvalue weighted by Crippen LogP contribution is -2.33. The number of thioether (sulfide) groups is 1. The van der Waals surface area contributed by atoms with E-state index >= 15 is 0 Å². The van der Waals surface area contributed by atoms with Crippen LogP contribution < -0.4 is 0 Å². The van der Waals surface area contributed by atoms with Gasteiger partial charge in [0.2, 0.25) is 5.91 Å². The van der Waals surface area contributed by atoms with E-state index < -0.39 is 11.6 Å². The molecule has 0 spiro atoms. The summed E-state index contributed by atoms with van der Waals surface area (Å²) in [5.74, 6) is -0.584. The number of carbonyl (C=O) groups excluding carboxylic acids is 1. The van der Waals surface area contributed by atoms with Gasteiger partial charge in [-0.2, -0.15) is 0 Å². The molecule has 1 fully saturated rings. The zero-order chi connectivity index (χ0) is 14.5. The third-order valence-electron chi connectivity index (χ3n) is 3.20. The molecule has 1 saturated heterocycles. The molecule has 0 bridgehead atoms. The number of hydrogen-bond donors (Lipinski definition) is 0. The quantitative estimate of drug-likeness (QED) is 0.790. The minimum Gasteiger partial charge on any atom is -0.326 e. The smallest absolute Gasteiger partial charge is 0.247 e. The van der Waals surface area contributed by atoms with Crippen LogP contribution in [0.15, 0.2) is 24.3 Å². The van der Waals surface area contributed by atoms with Gasteiger partial charge in [0.05, 0.1) is 5.37 Å². The van der Waals surface area contributed by atoms with Gasteiger partial charge in [0.15, 0.2) is 0 Å². The SMILES string of the molecule is CCC[C@@H]1SCCN1C(=O)/C=C/c1c(F)cccc1F. The van der Waals surface area contributed by atoms with Crippen LogP contribution in [0.2, 0.25) is 0 Å². The van der Waals surface area contributed by atoms with Crippen molar-refractivity contribution in [2.45, 2.75) is 25.1 Å². The first kappa shape index (κ1) is 15.0. The fraction of sp³-hybridized carbons (Fsp3) is 0.400. The Bertz CT molecular complexity index is 498. The largest absolute Gasteiger partial charge is 0.326 e. The number of benzene rings is 1. The number of carbonyl (C=O) groups is 1. The second kappa shape index (κ2) is 6.88. The van der Waals surface area contributed by atoms with Crippen LogP contribution in [-0.4, -0.2) is 28.5 Å². The molecule has 0 saturated carbocycles. The van der Waals surface area contributed by atoms with E-state index in [1.807, 2.05) is 0 Å². The van der Waals surface area contributed by atoms with Crippen molar-refractivity contribution in [3.8, 4) is 0 Å². The van der Waals surface area contributed by atoms with Gasteiger partial charge in [-0.05, 0) is 24.6 Å². The molecule has 1 aromatic rings. The molecule has 0 aromatic heterocycles. The van der Waals surface area contributed by atoms with Gasteiger partial charge in [0, 0.05) is 23.9 Å². The van der Waals surface area contributed by atoms with Crippen molar-refractivity contribution in [3.63, 3.8) is 0 Å². The Morgan fingerprint density at radius 2 is 2.15 bits per heavy atom. The van der Waals surface area contributed by atoms with Crippen LogP contribution in [-0.2, 0) is 4.79 Å². The van der Waals surface area contributed by atoms with Gasteiger partial charge in [-0.3, -0.25) is 4.79 Å². The van der Waals surface area contributed by atoms with Crippen molar-refractivity contribution >= 4 is 23.7 Å². The summed E-state index contributed by atoms with van der Waals surface area (Å²) in [6, 6.07) is 3.66. The van der Waals surface area contributed by atoms with Crippen LogP contribution in [0.25, 0.3) is 6.08 Å². The highest BCUT2D eigenvalue weighted by Crippen LogP contribution is 2.27. The van der Waals surface area contributed by atoms with Crippen LogP contribution in [0.3, 0.4) is 0 Å². The normalized spacial score (nSPS) is 18.9. The first-order valence-electron chi connectivity index (χ1n) is 6.67. The second-order valence-electron chi connectivity index (χ2n) is 4.61. The van der Waals surface area contributed by atoms with E-state index in [1.165, 1.54) is 30.4 Å². The number of halogens is 2. The van der Waals surface area contributed by atoms with E-state index in [0.29, 0.717) is 6.54 Å². The number of rotatable bonds is 4. The van der Waals surface area contributed by atoms with Crippen LogP contribution in [0.1, 0.15) is 25.3 Å².